The molecule has 0 bridgehead atoms. The number of nitrogens with one attached hydrogen (secondary N) is 1. The summed E-state index contributed by atoms with van der Waals surface area (Å²) in [6.07, 6.45) is 9.35. The van der Waals surface area contributed by atoms with Crippen molar-refractivity contribution in [3.8, 4) is 0 Å². The quantitative estimate of drug-likeness (QED) is 0.775. The van der Waals surface area contributed by atoms with E-state index in [2.05, 4.69) is 20.5 Å². The van der Waals surface area contributed by atoms with E-state index >= 15 is 0 Å². The summed E-state index contributed by atoms with van der Waals surface area (Å²) in [6, 6.07) is 3.71. The second-order valence-corrected chi connectivity index (χ2v) is 6.99. The molecule has 1 amide bonds. The number of rotatable bonds is 4. The van der Waals surface area contributed by atoms with Gasteiger partial charge in [-0.1, -0.05) is 0 Å². The van der Waals surface area contributed by atoms with Gasteiger partial charge in [-0.25, -0.2) is 4.98 Å². The largest absolute Gasteiger partial charge is 0.459 e. The van der Waals surface area contributed by atoms with Gasteiger partial charge in [-0.3, -0.25) is 9.20 Å². The zero-order valence-electron chi connectivity index (χ0n) is 14.3. The number of aromatic nitrogens is 4. The van der Waals surface area contributed by atoms with E-state index in [1.807, 2.05) is 15.5 Å². The van der Waals surface area contributed by atoms with Crippen molar-refractivity contribution in [2.75, 3.05) is 18.4 Å². The number of hydrogen-bond donors (Lipinski definition) is 1. The number of piperidine rings is 1. The van der Waals surface area contributed by atoms with Gasteiger partial charge in [0, 0.05) is 37.4 Å². The van der Waals surface area contributed by atoms with Crippen LogP contribution in [0.15, 0.2) is 35.2 Å². The van der Waals surface area contributed by atoms with E-state index < -0.39 is 0 Å². The molecule has 1 saturated heterocycles. The van der Waals surface area contributed by atoms with Crippen LogP contribution in [0, 0.1) is 0 Å². The van der Waals surface area contributed by atoms with Crippen LogP contribution in [0.4, 0.5) is 5.82 Å². The Morgan fingerprint density at radius 2 is 2.04 bits per heavy atom. The molecule has 0 spiro atoms. The molecule has 0 aromatic carbocycles. The maximum absolute atomic E-state index is 12.4. The first-order valence-corrected chi connectivity index (χ1v) is 9.08. The van der Waals surface area contributed by atoms with Crippen LogP contribution in [-0.4, -0.2) is 49.5 Å². The van der Waals surface area contributed by atoms with Gasteiger partial charge < -0.3 is 14.6 Å². The third-order valence-corrected chi connectivity index (χ3v) is 5.15. The van der Waals surface area contributed by atoms with Crippen molar-refractivity contribution >= 4 is 17.4 Å². The smallest absolute Gasteiger partial charge is 0.289 e. The fourth-order valence-corrected chi connectivity index (χ4v) is 3.54. The number of likely N-dealkylation sites (tertiary alicyclic amines) is 1. The highest BCUT2D eigenvalue weighted by Gasteiger charge is 2.30. The van der Waals surface area contributed by atoms with Gasteiger partial charge in [0.1, 0.15) is 5.82 Å². The highest BCUT2D eigenvalue weighted by molar-refractivity contribution is 5.91. The minimum absolute atomic E-state index is 0.0415. The molecule has 5 rings (SSSR count). The van der Waals surface area contributed by atoms with Gasteiger partial charge >= 0.3 is 0 Å². The molecule has 0 atom stereocenters. The van der Waals surface area contributed by atoms with Crippen molar-refractivity contribution < 1.29 is 9.21 Å². The lowest BCUT2D eigenvalue weighted by Crippen LogP contribution is -2.42. The molecule has 2 aliphatic rings. The Kier molecular flexibility index (Phi) is 3.62. The van der Waals surface area contributed by atoms with E-state index in [4.69, 9.17) is 4.42 Å². The van der Waals surface area contributed by atoms with Crippen molar-refractivity contribution in [3.63, 3.8) is 0 Å². The Bertz CT molecular complexity index is 922. The summed E-state index contributed by atoms with van der Waals surface area (Å²) in [5.41, 5.74) is 0.781. The van der Waals surface area contributed by atoms with Crippen LogP contribution >= 0.6 is 0 Å². The first kappa shape index (κ1) is 15.4. The highest BCUT2D eigenvalue weighted by Crippen LogP contribution is 2.39. The first-order valence-electron chi connectivity index (χ1n) is 9.08. The molecule has 2 fully saturated rings. The number of nitrogens with zero attached hydrogens (tertiary/aromatic N) is 5. The Morgan fingerprint density at radius 3 is 2.77 bits per heavy atom. The van der Waals surface area contributed by atoms with Crippen LogP contribution in [0.3, 0.4) is 0 Å². The van der Waals surface area contributed by atoms with Gasteiger partial charge in [0.2, 0.25) is 5.65 Å². The highest BCUT2D eigenvalue weighted by atomic mass is 16.3. The zero-order chi connectivity index (χ0) is 17.5. The second-order valence-electron chi connectivity index (χ2n) is 6.99. The minimum atomic E-state index is -0.0415. The number of amides is 1. The van der Waals surface area contributed by atoms with Crippen LogP contribution in [0.5, 0.6) is 0 Å². The summed E-state index contributed by atoms with van der Waals surface area (Å²) in [4.78, 5) is 18.7. The average Bonchev–Trinajstić information content (AvgIpc) is 3.20. The molecule has 1 N–H and O–H groups in total. The Balaban J connectivity index is 1.27. The van der Waals surface area contributed by atoms with E-state index in [1.54, 1.807) is 18.3 Å². The van der Waals surface area contributed by atoms with Gasteiger partial charge in [0.15, 0.2) is 11.6 Å². The maximum Gasteiger partial charge on any atom is 0.289 e. The molecule has 8 nitrogen and oxygen atoms in total. The topological polar surface area (TPSA) is 88.6 Å². The van der Waals surface area contributed by atoms with Crippen molar-refractivity contribution in [3.05, 3.63) is 42.4 Å². The van der Waals surface area contributed by atoms with E-state index in [1.165, 1.54) is 19.1 Å². The second kappa shape index (κ2) is 6.12. The monoisotopic (exact) mass is 352 g/mol. The number of fused-ring (bicyclic) bond motifs is 1. The molecule has 8 heteroatoms. The standard InChI is InChI=1S/C18H20N6O2/c25-18(14-2-1-11-26-14)23-8-5-13(6-9-23)20-15-17-22-21-16(12-3-4-12)24(17)10-7-19-15/h1-2,7,10-13H,3-6,8-9H2,(H,19,20). The molecule has 1 aliphatic carbocycles. The third kappa shape index (κ3) is 2.71. The number of anilines is 1. The molecule has 0 unspecified atom stereocenters. The Hall–Kier alpha value is -2.90. The fraction of sp³-hybridized carbons (Fsp3) is 0.444. The van der Waals surface area contributed by atoms with Crippen LogP contribution in [0.1, 0.15) is 48.0 Å². The first-order chi connectivity index (χ1) is 12.8. The van der Waals surface area contributed by atoms with E-state index in [0.717, 1.165) is 30.1 Å². The number of carbonyl (C=O) groups is 1. The summed E-state index contributed by atoms with van der Waals surface area (Å²) in [7, 11) is 0. The minimum Gasteiger partial charge on any atom is -0.459 e. The van der Waals surface area contributed by atoms with Crippen molar-refractivity contribution in [2.45, 2.75) is 37.6 Å². The molecule has 0 radical (unpaired) electrons. The van der Waals surface area contributed by atoms with Gasteiger partial charge in [-0.05, 0) is 37.8 Å². The Morgan fingerprint density at radius 1 is 1.19 bits per heavy atom. The number of carbonyl (C=O) groups excluding carboxylic acids is 1. The molecule has 26 heavy (non-hydrogen) atoms. The molecule has 1 saturated carbocycles. The van der Waals surface area contributed by atoms with Crippen LogP contribution < -0.4 is 5.32 Å². The summed E-state index contributed by atoms with van der Waals surface area (Å²) in [5.74, 6) is 2.70. The van der Waals surface area contributed by atoms with Crippen LogP contribution in [0.2, 0.25) is 0 Å². The summed E-state index contributed by atoms with van der Waals surface area (Å²) < 4.78 is 7.26. The van der Waals surface area contributed by atoms with Crippen molar-refractivity contribution in [1.29, 1.82) is 0 Å². The fourth-order valence-electron chi connectivity index (χ4n) is 3.54. The van der Waals surface area contributed by atoms with Crippen molar-refractivity contribution in [1.82, 2.24) is 24.5 Å². The van der Waals surface area contributed by atoms with Gasteiger partial charge in [0.05, 0.1) is 6.26 Å². The predicted molar refractivity (Wildman–Crippen MR) is 94.0 cm³/mol. The van der Waals surface area contributed by atoms with Gasteiger partial charge in [-0.15, -0.1) is 10.2 Å². The lowest BCUT2D eigenvalue weighted by Gasteiger charge is -2.32. The molecule has 3 aromatic rings. The SMILES string of the molecule is O=C(c1ccco1)N1CCC(Nc2nccn3c(C4CC4)nnc23)CC1. The third-order valence-electron chi connectivity index (χ3n) is 5.15. The van der Waals surface area contributed by atoms with Crippen LogP contribution in [-0.2, 0) is 0 Å². The molecule has 134 valence electrons. The average molecular weight is 352 g/mol. The number of furan rings is 1. The number of hydrogen-bond acceptors (Lipinski definition) is 6. The predicted octanol–water partition coefficient (Wildman–Crippen LogP) is 2.31. The molecule has 3 aromatic heterocycles. The normalized spacial score (nSPS) is 18.4. The molecule has 1 aliphatic heterocycles. The summed E-state index contributed by atoms with van der Waals surface area (Å²) >= 11 is 0. The van der Waals surface area contributed by atoms with Gasteiger partial charge in [-0.2, -0.15) is 0 Å². The van der Waals surface area contributed by atoms with E-state index in [-0.39, 0.29) is 11.9 Å². The lowest BCUT2D eigenvalue weighted by molar-refractivity contribution is 0.0686. The van der Waals surface area contributed by atoms with E-state index in [9.17, 15) is 4.79 Å². The summed E-state index contributed by atoms with van der Waals surface area (Å²) in [5, 5.41) is 12.2. The molecule has 4 heterocycles. The lowest BCUT2D eigenvalue weighted by atomic mass is 10.0. The van der Waals surface area contributed by atoms with Gasteiger partial charge in [0.25, 0.3) is 5.91 Å². The van der Waals surface area contributed by atoms with E-state index in [0.29, 0.717) is 24.8 Å². The van der Waals surface area contributed by atoms with Crippen LogP contribution in [0.25, 0.3) is 5.65 Å². The zero-order valence-corrected chi connectivity index (χ0v) is 14.3. The van der Waals surface area contributed by atoms with Crippen molar-refractivity contribution in [2.24, 2.45) is 0 Å². The summed E-state index contributed by atoms with van der Waals surface area (Å²) in [6.45, 7) is 1.39. The molecular formula is C18H20N6O2. The maximum atomic E-state index is 12.4. The Labute approximate surface area is 150 Å². The molecular weight excluding hydrogens is 332 g/mol.